The summed E-state index contributed by atoms with van der Waals surface area (Å²) in [6, 6.07) is 26.4. The van der Waals surface area contributed by atoms with Gasteiger partial charge in [0, 0.05) is 10.5 Å². The van der Waals surface area contributed by atoms with Gasteiger partial charge in [-0.25, -0.2) is 18.6 Å². The molecule has 0 radical (unpaired) electrons. The lowest BCUT2D eigenvalue weighted by Gasteiger charge is -2.13. The van der Waals surface area contributed by atoms with E-state index in [2.05, 4.69) is 20.9 Å². The number of nitrogens with zero attached hydrogens (tertiary/aromatic N) is 2. The number of rotatable bonds is 8. The standard InChI is InChI=1S/C30H21BrF2N2O3/c31-20-13-15-21(16-14-20)37-18-17-35-27-12-6-5-11-26(27)34-29(35)19-28(22-7-1-3-9-24(22)32)38-30(36)23-8-2-4-10-25(23)33/h1-16,19H,17-18H2. The number of para-hydroxylation sites is 2. The van der Waals surface area contributed by atoms with Crippen LogP contribution in [0.15, 0.2) is 102 Å². The summed E-state index contributed by atoms with van der Waals surface area (Å²) in [5.74, 6) is -1.24. The van der Waals surface area contributed by atoms with Gasteiger partial charge < -0.3 is 14.0 Å². The summed E-state index contributed by atoms with van der Waals surface area (Å²) >= 11 is 3.41. The van der Waals surface area contributed by atoms with E-state index in [1.807, 2.05) is 53.1 Å². The number of hydrogen-bond acceptors (Lipinski definition) is 4. The lowest BCUT2D eigenvalue weighted by atomic mass is 10.1. The molecule has 0 bridgehead atoms. The predicted molar refractivity (Wildman–Crippen MR) is 145 cm³/mol. The molecular weight excluding hydrogens is 554 g/mol. The lowest BCUT2D eigenvalue weighted by Crippen LogP contribution is -2.11. The van der Waals surface area contributed by atoms with Crippen LogP contribution in [0.4, 0.5) is 8.78 Å². The van der Waals surface area contributed by atoms with E-state index in [4.69, 9.17) is 9.47 Å². The number of benzene rings is 4. The van der Waals surface area contributed by atoms with Crippen LogP contribution in [0, 0.1) is 11.6 Å². The lowest BCUT2D eigenvalue weighted by molar-refractivity contribution is 0.0688. The minimum Gasteiger partial charge on any atom is -0.492 e. The molecule has 0 fully saturated rings. The van der Waals surface area contributed by atoms with Crippen LogP contribution in [0.1, 0.15) is 21.7 Å². The number of carbonyl (C=O) groups excluding carboxylic acids is 1. The molecule has 0 saturated carbocycles. The van der Waals surface area contributed by atoms with E-state index in [1.165, 1.54) is 42.5 Å². The van der Waals surface area contributed by atoms with Crippen LogP contribution in [0.2, 0.25) is 0 Å². The minimum atomic E-state index is -0.946. The maximum Gasteiger partial charge on any atom is 0.346 e. The molecule has 0 aliphatic rings. The summed E-state index contributed by atoms with van der Waals surface area (Å²) in [5, 5.41) is 0. The SMILES string of the molecule is O=C(OC(=Cc1nc2ccccc2n1CCOc1ccc(Br)cc1)c1ccccc1F)c1ccccc1F. The number of carbonyl (C=O) groups is 1. The molecular formula is C30H21BrF2N2O3. The van der Waals surface area contributed by atoms with Gasteiger partial charge in [0.05, 0.1) is 28.7 Å². The maximum atomic E-state index is 14.8. The minimum absolute atomic E-state index is 0.0434. The Morgan fingerprint density at radius 3 is 2.18 bits per heavy atom. The number of fused-ring (bicyclic) bond motifs is 1. The highest BCUT2D eigenvalue weighted by Crippen LogP contribution is 2.26. The summed E-state index contributed by atoms with van der Waals surface area (Å²) in [4.78, 5) is 17.6. The molecule has 0 atom stereocenters. The zero-order valence-corrected chi connectivity index (χ0v) is 21.6. The first-order chi connectivity index (χ1) is 18.5. The van der Waals surface area contributed by atoms with Crippen molar-refractivity contribution in [3.63, 3.8) is 0 Å². The van der Waals surface area contributed by atoms with Crippen LogP contribution in [0.3, 0.4) is 0 Å². The van der Waals surface area contributed by atoms with Gasteiger partial charge in [0.1, 0.15) is 35.6 Å². The first-order valence-corrected chi connectivity index (χ1v) is 12.6. The zero-order valence-electron chi connectivity index (χ0n) is 20.0. The van der Waals surface area contributed by atoms with E-state index in [-0.39, 0.29) is 16.9 Å². The van der Waals surface area contributed by atoms with Crippen LogP contribution in [0.5, 0.6) is 5.75 Å². The Hall–Kier alpha value is -4.30. The van der Waals surface area contributed by atoms with Gasteiger partial charge in [-0.05, 0) is 60.7 Å². The van der Waals surface area contributed by atoms with E-state index in [9.17, 15) is 13.6 Å². The normalized spacial score (nSPS) is 11.5. The second kappa shape index (κ2) is 11.4. The van der Waals surface area contributed by atoms with E-state index in [0.717, 1.165) is 16.1 Å². The van der Waals surface area contributed by atoms with Gasteiger partial charge in [-0.3, -0.25) is 0 Å². The quantitative estimate of drug-likeness (QED) is 0.142. The molecule has 190 valence electrons. The molecule has 1 heterocycles. The molecule has 0 N–H and O–H groups in total. The number of esters is 1. The van der Waals surface area contributed by atoms with Crippen molar-refractivity contribution in [1.29, 1.82) is 0 Å². The smallest absolute Gasteiger partial charge is 0.346 e. The molecule has 0 aliphatic heterocycles. The van der Waals surface area contributed by atoms with Gasteiger partial charge in [-0.2, -0.15) is 0 Å². The molecule has 38 heavy (non-hydrogen) atoms. The van der Waals surface area contributed by atoms with Crippen molar-refractivity contribution in [3.05, 3.63) is 130 Å². The molecule has 5 nitrogen and oxygen atoms in total. The van der Waals surface area contributed by atoms with Crippen LogP contribution in [0.25, 0.3) is 22.9 Å². The van der Waals surface area contributed by atoms with E-state index < -0.39 is 17.6 Å². The summed E-state index contributed by atoms with van der Waals surface area (Å²) in [7, 11) is 0. The third kappa shape index (κ3) is 5.65. The number of halogens is 3. The fraction of sp³-hybridized carbons (Fsp3) is 0.0667. The van der Waals surface area contributed by atoms with Crippen molar-refractivity contribution in [3.8, 4) is 5.75 Å². The number of imidazole rings is 1. The summed E-state index contributed by atoms with van der Waals surface area (Å²) in [6.45, 7) is 0.737. The highest BCUT2D eigenvalue weighted by atomic mass is 79.9. The Balaban J connectivity index is 1.52. The highest BCUT2D eigenvalue weighted by molar-refractivity contribution is 9.10. The molecule has 0 spiro atoms. The summed E-state index contributed by atoms with van der Waals surface area (Å²) in [6.07, 6.45) is 1.48. The van der Waals surface area contributed by atoms with Crippen molar-refractivity contribution in [2.24, 2.45) is 0 Å². The van der Waals surface area contributed by atoms with Gasteiger partial charge in [0.2, 0.25) is 0 Å². The Kier molecular flexibility index (Phi) is 7.60. The average molecular weight is 575 g/mol. The van der Waals surface area contributed by atoms with Crippen molar-refractivity contribution < 1.29 is 23.0 Å². The second-order valence-electron chi connectivity index (χ2n) is 8.27. The topological polar surface area (TPSA) is 53.3 Å². The third-order valence-electron chi connectivity index (χ3n) is 5.78. The number of aromatic nitrogens is 2. The van der Waals surface area contributed by atoms with Gasteiger partial charge in [0.15, 0.2) is 0 Å². The maximum absolute atomic E-state index is 14.8. The van der Waals surface area contributed by atoms with Crippen molar-refractivity contribution >= 4 is 44.8 Å². The number of ether oxygens (including phenoxy) is 2. The first kappa shape index (κ1) is 25.4. The molecule has 1 aromatic heterocycles. The number of hydrogen-bond donors (Lipinski definition) is 0. The molecule has 4 aromatic carbocycles. The Morgan fingerprint density at radius 1 is 0.842 bits per heavy atom. The van der Waals surface area contributed by atoms with Crippen molar-refractivity contribution in [1.82, 2.24) is 9.55 Å². The molecule has 0 aliphatic carbocycles. The largest absolute Gasteiger partial charge is 0.492 e. The Bertz CT molecular complexity index is 1630. The molecule has 0 amide bonds. The van der Waals surface area contributed by atoms with Gasteiger partial charge in [-0.15, -0.1) is 0 Å². The van der Waals surface area contributed by atoms with E-state index >= 15 is 0 Å². The average Bonchev–Trinajstić information content (AvgIpc) is 3.27. The fourth-order valence-electron chi connectivity index (χ4n) is 3.95. The van der Waals surface area contributed by atoms with Crippen molar-refractivity contribution in [2.75, 3.05) is 6.61 Å². The summed E-state index contributed by atoms with van der Waals surface area (Å²) < 4.78 is 43.4. The van der Waals surface area contributed by atoms with E-state index in [1.54, 1.807) is 6.07 Å². The van der Waals surface area contributed by atoms with Crippen LogP contribution in [-0.2, 0) is 11.3 Å². The monoisotopic (exact) mass is 574 g/mol. The van der Waals surface area contributed by atoms with Crippen LogP contribution < -0.4 is 4.74 Å². The molecule has 0 unspecified atom stereocenters. The van der Waals surface area contributed by atoms with Crippen LogP contribution in [-0.4, -0.2) is 22.1 Å². The first-order valence-electron chi connectivity index (χ1n) is 11.8. The van der Waals surface area contributed by atoms with Crippen LogP contribution >= 0.6 is 15.9 Å². The van der Waals surface area contributed by atoms with Gasteiger partial charge in [-0.1, -0.05) is 52.3 Å². The van der Waals surface area contributed by atoms with Gasteiger partial charge in [0.25, 0.3) is 0 Å². The van der Waals surface area contributed by atoms with Crippen molar-refractivity contribution in [2.45, 2.75) is 6.54 Å². The Morgan fingerprint density at radius 2 is 1.47 bits per heavy atom. The second-order valence-corrected chi connectivity index (χ2v) is 9.19. The molecule has 8 heteroatoms. The molecule has 5 aromatic rings. The Labute approximate surface area is 226 Å². The van der Waals surface area contributed by atoms with E-state index in [0.29, 0.717) is 30.2 Å². The summed E-state index contributed by atoms with van der Waals surface area (Å²) in [5.41, 5.74) is 1.32. The fourth-order valence-corrected chi connectivity index (χ4v) is 4.21. The molecule has 0 saturated heterocycles. The van der Waals surface area contributed by atoms with Gasteiger partial charge >= 0.3 is 5.97 Å². The molecule has 5 rings (SSSR count). The predicted octanol–water partition coefficient (Wildman–Crippen LogP) is 7.51. The highest BCUT2D eigenvalue weighted by Gasteiger charge is 2.20. The third-order valence-corrected chi connectivity index (χ3v) is 6.31. The zero-order chi connectivity index (χ0) is 26.5.